The van der Waals surface area contributed by atoms with Crippen LogP contribution < -0.4 is 0 Å². The molecule has 0 N–H and O–H groups in total. The summed E-state index contributed by atoms with van der Waals surface area (Å²) in [7, 11) is 1.84. The van der Waals surface area contributed by atoms with Crippen molar-refractivity contribution in [1.82, 2.24) is 0 Å². The Bertz CT molecular complexity index is 201. The summed E-state index contributed by atoms with van der Waals surface area (Å²) in [6.45, 7) is 3.00. The number of benzene rings is 1. The summed E-state index contributed by atoms with van der Waals surface area (Å²) in [5.41, 5.74) is 2.69. The fourth-order valence-corrected chi connectivity index (χ4v) is 1.06. The predicted octanol–water partition coefficient (Wildman–Crippen LogP) is 2.75. The summed E-state index contributed by atoms with van der Waals surface area (Å²) in [4.78, 5) is 0. The van der Waals surface area contributed by atoms with E-state index in [4.69, 9.17) is 0 Å². The summed E-state index contributed by atoms with van der Waals surface area (Å²) in [6, 6.07) is 8.62. The maximum Gasteiger partial charge on any atom is -0.0307 e. The molecule has 0 amide bonds. The lowest BCUT2D eigenvalue weighted by molar-refractivity contribution is 1.12. The predicted molar refractivity (Wildman–Crippen MR) is 48.8 cm³/mol. The van der Waals surface area contributed by atoms with E-state index in [1.165, 1.54) is 11.1 Å². The van der Waals surface area contributed by atoms with E-state index in [9.17, 15) is 0 Å². The normalized spacial score (nSPS) is 10.0. The fraction of sp³-hybridized carbons (Fsp3) is 0.400. The maximum absolute atomic E-state index is 4.06. The lowest BCUT2D eigenvalue weighted by atomic mass is 10.1. The average molecular weight is 148 g/mol. The van der Waals surface area contributed by atoms with Crippen molar-refractivity contribution < 1.29 is 0 Å². The summed E-state index contributed by atoms with van der Waals surface area (Å²) in [6.07, 6.45) is 1.11. The van der Waals surface area contributed by atoms with E-state index in [2.05, 4.69) is 36.5 Å². The van der Waals surface area contributed by atoms with E-state index in [1.807, 2.05) is 7.05 Å². The summed E-state index contributed by atoms with van der Waals surface area (Å²) >= 11 is 0. The molecule has 0 spiro atoms. The second kappa shape index (κ2) is 4.14. The van der Waals surface area contributed by atoms with Gasteiger partial charge in [0.25, 0.3) is 0 Å². The van der Waals surface area contributed by atoms with Gasteiger partial charge in [-0.2, -0.15) is 7.05 Å². The Balaban J connectivity index is 2.66. The monoisotopic (exact) mass is 148 g/mol. The average Bonchev–Trinajstić information content (AvgIpc) is 2.07. The summed E-state index contributed by atoms with van der Waals surface area (Å²) in [5, 5.41) is 4.06. The minimum Gasteiger partial charge on any atom is -0.661 e. The van der Waals surface area contributed by atoms with Crippen LogP contribution in [-0.2, 0) is 13.0 Å². The molecule has 60 valence electrons. The van der Waals surface area contributed by atoms with Crippen molar-refractivity contribution in [3.63, 3.8) is 0 Å². The van der Waals surface area contributed by atoms with Gasteiger partial charge in [-0.25, -0.2) is 0 Å². The Kier molecular flexibility index (Phi) is 3.12. The summed E-state index contributed by atoms with van der Waals surface area (Å²) in [5.74, 6) is 0. The first-order valence-electron chi connectivity index (χ1n) is 4.00. The first-order valence-corrected chi connectivity index (χ1v) is 4.00. The molecule has 0 aliphatic heterocycles. The van der Waals surface area contributed by atoms with Gasteiger partial charge >= 0.3 is 0 Å². The van der Waals surface area contributed by atoms with Crippen molar-refractivity contribution >= 4 is 0 Å². The van der Waals surface area contributed by atoms with Crippen LogP contribution in [0.1, 0.15) is 18.1 Å². The second-order valence-corrected chi connectivity index (χ2v) is 2.64. The zero-order valence-electron chi connectivity index (χ0n) is 7.17. The molecule has 0 saturated carbocycles. The highest BCUT2D eigenvalue weighted by molar-refractivity contribution is 5.23. The van der Waals surface area contributed by atoms with E-state index in [-0.39, 0.29) is 0 Å². The van der Waals surface area contributed by atoms with Gasteiger partial charge in [-0.1, -0.05) is 36.8 Å². The van der Waals surface area contributed by atoms with Crippen LogP contribution in [0, 0.1) is 0 Å². The minimum absolute atomic E-state index is 0.837. The van der Waals surface area contributed by atoms with Crippen LogP contribution in [0.25, 0.3) is 5.32 Å². The fourth-order valence-electron chi connectivity index (χ4n) is 1.06. The Labute approximate surface area is 68.4 Å². The number of rotatable bonds is 3. The van der Waals surface area contributed by atoms with Gasteiger partial charge in [0.15, 0.2) is 0 Å². The molecule has 0 unspecified atom stereocenters. The second-order valence-electron chi connectivity index (χ2n) is 2.64. The van der Waals surface area contributed by atoms with Crippen LogP contribution >= 0.6 is 0 Å². The zero-order chi connectivity index (χ0) is 8.10. The van der Waals surface area contributed by atoms with Crippen LogP contribution in [0.15, 0.2) is 24.3 Å². The van der Waals surface area contributed by atoms with Gasteiger partial charge < -0.3 is 5.32 Å². The van der Waals surface area contributed by atoms with E-state index in [0.717, 1.165) is 13.0 Å². The Hall–Kier alpha value is -0.820. The number of aryl methyl sites for hydroxylation is 1. The van der Waals surface area contributed by atoms with Crippen molar-refractivity contribution in [3.05, 3.63) is 40.7 Å². The highest BCUT2D eigenvalue weighted by Gasteiger charge is 1.86. The Morgan fingerprint density at radius 3 is 2.09 bits per heavy atom. The van der Waals surface area contributed by atoms with Crippen LogP contribution in [0.4, 0.5) is 0 Å². The van der Waals surface area contributed by atoms with Crippen LogP contribution in [0.5, 0.6) is 0 Å². The van der Waals surface area contributed by atoms with Gasteiger partial charge in [-0.15, -0.1) is 6.54 Å². The van der Waals surface area contributed by atoms with Gasteiger partial charge in [-0.05, 0) is 12.0 Å². The minimum atomic E-state index is 0.837. The van der Waals surface area contributed by atoms with Gasteiger partial charge in [0, 0.05) is 0 Å². The van der Waals surface area contributed by atoms with E-state index in [0.29, 0.717) is 0 Å². The van der Waals surface area contributed by atoms with Crippen LogP contribution in [0.3, 0.4) is 0 Å². The molecule has 0 saturated heterocycles. The Morgan fingerprint density at radius 2 is 1.64 bits per heavy atom. The zero-order valence-corrected chi connectivity index (χ0v) is 7.17. The standard InChI is InChI=1S/C10H14N/c1-3-9-4-6-10(7-5-9)8-11-2/h4-7H,3,8H2,1-2H3/q-1. The van der Waals surface area contributed by atoms with E-state index >= 15 is 0 Å². The van der Waals surface area contributed by atoms with Crippen molar-refractivity contribution in [2.75, 3.05) is 7.05 Å². The molecule has 0 aliphatic rings. The van der Waals surface area contributed by atoms with Crippen molar-refractivity contribution in [2.45, 2.75) is 19.9 Å². The molecular weight excluding hydrogens is 134 g/mol. The molecular formula is C10H14N-. The van der Waals surface area contributed by atoms with Crippen LogP contribution in [0.2, 0.25) is 0 Å². The lowest BCUT2D eigenvalue weighted by Gasteiger charge is -2.10. The molecule has 0 fully saturated rings. The van der Waals surface area contributed by atoms with Crippen molar-refractivity contribution in [1.29, 1.82) is 0 Å². The lowest BCUT2D eigenvalue weighted by Crippen LogP contribution is -1.84. The molecule has 0 atom stereocenters. The third kappa shape index (κ3) is 2.35. The van der Waals surface area contributed by atoms with Crippen LogP contribution in [-0.4, -0.2) is 7.05 Å². The van der Waals surface area contributed by atoms with E-state index < -0.39 is 0 Å². The molecule has 1 aromatic rings. The van der Waals surface area contributed by atoms with Gasteiger partial charge in [0.05, 0.1) is 0 Å². The highest BCUT2D eigenvalue weighted by Crippen LogP contribution is 2.06. The first kappa shape index (κ1) is 8.28. The first-order chi connectivity index (χ1) is 5.36. The van der Waals surface area contributed by atoms with Gasteiger partial charge in [0.1, 0.15) is 0 Å². The largest absolute Gasteiger partial charge is 0.661 e. The third-order valence-electron chi connectivity index (χ3n) is 1.77. The molecule has 0 aliphatic carbocycles. The molecule has 0 bridgehead atoms. The number of hydrogen-bond acceptors (Lipinski definition) is 0. The summed E-state index contributed by atoms with van der Waals surface area (Å²) < 4.78 is 0. The molecule has 1 aromatic carbocycles. The highest BCUT2D eigenvalue weighted by atomic mass is 14.8. The molecule has 1 nitrogen and oxygen atoms in total. The number of nitrogens with zero attached hydrogens (tertiary/aromatic N) is 1. The van der Waals surface area contributed by atoms with E-state index in [1.54, 1.807) is 0 Å². The Morgan fingerprint density at radius 1 is 1.09 bits per heavy atom. The molecule has 11 heavy (non-hydrogen) atoms. The molecule has 1 heteroatoms. The van der Waals surface area contributed by atoms with Crippen molar-refractivity contribution in [2.24, 2.45) is 0 Å². The van der Waals surface area contributed by atoms with Gasteiger partial charge in [-0.3, -0.25) is 0 Å². The quantitative estimate of drug-likeness (QED) is 0.625. The molecule has 1 rings (SSSR count). The molecule has 0 radical (unpaired) electrons. The smallest absolute Gasteiger partial charge is 0.0307 e. The maximum atomic E-state index is 4.06. The van der Waals surface area contributed by atoms with Gasteiger partial charge in [0.2, 0.25) is 0 Å². The molecule has 0 aromatic heterocycles. The SMILES string of the molecule is CCc1ccc(C[N-]C)cc1. The third-order valence-corrected chi connectivity index (χ3v) is 1.77. The molecule has 0 heterocycles. The van der Waals surface area contributed by atoms with Crippen molar-refractivity contribution in [3.8, 4) is 0 Å². The number of hydrogen-bond donors (Lipinski definition) is 0. The topological polar surface area (TPSA) is 14.1 Å².